The van der Waals surface area contributed by atoms with Gasteiger partial charge in [-0.25, -0.2) is 8.42 Å². The quantitative estimate of drug-likeness (QED) is 0.593. The molecule has 1 aliphatic rings. The second-order valence-corrected chi connectivity index (χ2v) is 5.35. The van der Waals surface area contributed by atoms with E-state index < -0.39 is 15.7 Å². The molecule has 72 valence electrons. The third-order valence-electron chi connectivity index (χ3n) is 2.01. The van der Waals surface area contributed by atoms with E-state index in [2.05, 4.69) is 5.32 Å². The molecule has 13 heavy (non-hydrogen) atoms. The molecule has 0 saturated carbocycles. The zero-order valence-corrected chi connectivity index (χ0v) is 7.93. The van der Waals surface area contributed by atoms with Crippen molar-refractivity contribution in [2.75, 3.05) is 18.1 Å². The van der Waals surface area contributed by atoms with Gasteiger partial charge in [0.2, 0.25) is 0 Å². The van der Waals surface area contributed by atoms with Crippen molar-refractivity contribution >= 4 is 15.7 Å². The van der Waals surface area contributed by atoms with Crippen LogP contribution in [0.3, 0.4) is 0 Å². The van der Waals surface area contributed by atoms with Crippen LogP contribution in [0.15, 0.2) is 0 Å². The molecule has 0 aromatic rings. The molecular formula is C8H11NO3S. The van der Waals surface area contributed by atoms with Crippen LogP contribution in [0.4, 0.5) is 0 Å². The Bertz CT molecular complexity index is 339. The van der Waals surface area contributed by atoms with E-state index in [1.807, 2.05) is 5.92 Å². The molecule has 1 atom stereocenters. The van der Waals surface area contributed by atoms with Crippen LogP contribution in [-0.2, 0) is 14.6 Å². The SMILES string of the molecule is C#CC(=O)NCC1CCS(=O)(=O)C1. The number of rotatable bonds is 2. The van der Waals surface area contributed by atoms with Crippen LogP contribution in [0.1, 0.15) is 6.42 Å². The van der Waals surface area contributed by atoms with Crippen LogP contribution in [0.2, 0.25) is 0 Å². The molecule has 1 N–H and O–H groups in total. The maximum atomic E-state index is 11.0. The number of carbonyl (C=O) groups is 1. The van der Waals surface area contributed by atoms with E-state index in [9.17, 15) is 13.2 Å². The Morgan fingerprint density at radius 1 is 1.62 bits per heavy atom. The summed E-state index contributed by atoms with van der Waals surface area (Å²) in [7, 11) is -2.85. The normalized spacial score (nSPS) is 25.0. The molecule has 0 radical (unpaired) electrons. The Morgan fingerprint density at radius 2 is 2.31 bits per heavy atom. The van der Waals surface area contributed by atoms with Crippen LogP contribution in [0.25, 0.3) is 0 Å². The second-order valence-electron chi connectivity index (χ2n) is 3.12. The molecule has 5 heteroatoms. The van der Waals surface area contributed by atoms with Gasteiger partial charge in [-0.05, 0) is 18.3 Å². The monoisotopic (exact) mass is 201 g/mol. The van der Waals surface area contributed by atoms with Crippen LogP contribution < -0.4 is 5.32 Å². The molecule has 1 heterocycles. The van der Waals surface area contributed by atoms with Gasteiger partial charge in [0, 0.05) is 6.54 Å². The van der Waals surface area contributed by atoms with Gasteiger partial charge in [0.1, 0.15) is 0 Å². The molecule has 0 aromatic carbocycles. The number of amides is 1. The maximum Gasteiger partial charge on any atom is 0.295 e. The van der Waals surface area contributed by atoms with Crippen molar-refractivity contribution in [1.82, 2.24) is 5.32 Å². The summed E-state index contributed by atoms with van der Waals surface area (Å²) >= 11 is 0. The van der Waals surface area contributed by atoms with Crippen LogP contribution in [0, 0.1) is 18.3 Å². The maximum absolute atomic E-state index is 11.0. The van der Waals surface area contributed by atoms with Gasteiger partial charge in [-0.3, -0.25) is 4.79 Å². The van der Waals surface area contributed by atoms with Crippen LogP contribution >= 0.6 is 0 Å². The summed E-state index contributed by atoms with van der Waals surface area (Å²) in [4.78, 5) is 10.6. The lowest BCUT2D eigenvalue weighted by Crippen LogP contribution is -2.28. The molecule has 0 spiro atoms. The minimum atomic E-state index is -2.85. The fourth-order valence-corrected chi connectivity index (χ4v) is 3.18. The summed E-state index contributed by atoms with van der Waals surface area (Å²) in [5, 5.41) is 2.47. The molecule has 0 aliphatic carbocycles. The number of hydrogen-bond donors (Lipinski definition) is 1. The van der Waals surface area contributed by atoms with Gasteiger partial charge in [-0.15, -0.1) is 6.42 Å². The lowest BCUT2D eigenvalue weighted by molar-refractivity contribution is -0.115. The Balaban J connectivity index is 2.34. The minimum absolute atomic E-state index is 0.0299. The molecule has 1 saturated heterocycles. The predicted molar refractivity (Wildman–Crippen MR) is 48.6 cm³/mol. The average Bonchev–Trinajstić information content (AvgIpc) is 2.41. The number of sulfone groups is 1. The molecule has 1 aliphatic heterocycles. The Morgan fingerprint density at radius 3 is 2.77 bits per heavy atom. The first kappa shape index (κ1) is 10.1. The fraction of sp³-hybridized carbons (Fsp3) is 0.625. The Kier molecular flexibility index (Phi) is 2.94. The largest absolute Gasteiger partial charge is 0.345 e. The molecular weight excluding hydrogens is 190 g/mol. The molecule has 1 unspecified atom stereocenters. The number of carbonyl (C=O) groups excluding carboxylic acids is 1. The zero-order chi connectivity index (χ0) is 9.90. The second kappa shape index (κ2) is 3.79. The molecule has 1 rings (SSSR count). The van der Waals surface area contributed by atoms with Crippen molar-refractivity contribution < 1.29 is 13.2 Å². The number of terminal acetylenes is 1. The average molecular weight is 201 g/mol. The first-order chi connectivity index (χ1) is 6.03. The summed E-state index contributed by atoms with van der Waals surface area (Å²) in [6.45, 7) is 0.363. The van der Waals surface area contributed by atoms with Crippen molar-refractivity contribution in [1.29, 1.82) is 0 Å². The smallest absolute Gasteiger partial charge is 0.295 e. The summed E-state index contributed by atoms with van der Waals surface area (Å²) < 4.78 is 22.0. The Hall–Kier alpha value is -1.02. The first-order valence-corrected chi connectivity index (χ1v) is 5.80. The molecule has 4 nitrogen and oxygen atoms in total. The van der Waals surface area contributed by atoms with Gasteiger partial charge in [0.25, 0.3) is 5.91 Å². The van der Waals surface area contributed by atoms with Crippen molar-refractivity contribution in [3.05, 3.63) is 0 Å². The zero-order valence-electron chi connectivity index (χ0n) is 7.12. The van der Waals surface area contributed by atoms with Crippen LogP contribution in [-0.4, -0.2) is 32.4 Å². The lowest BCUT2D eigenvalue weighted by Gasteiger charge is -2.06. The molecule has 1 fully saturated rings. The van der Waals surface area contributed by atoms with Crippen LogP contribution in [0.5, 0.6) is 0 Å². The van der Waals surface area contributed by atoms with E-state index >= 15 is 0 Å². The third kappa shape index (κ3) is 3.07. The van der Waals surface area contributed by atoms with Crippen molar-refractivity contribution in [2.24, 2.45) is 5.92 Å². The summed E-state index contributed by atoms with van der Waals surface area (Å²) in [5.41, 5.74) is 0. The molecule has 1 amide bonds. The van der Waals surface area contributed by atoms with E-state index in [4.69, 9.17) is 6.42 Å². The summed E-state index contributed by atoms with van der Waals surface area (Å²) in [5.74, 6) is 1.85. The standard InChI is InChI=1S/C8H11NO3S/c1-2-8(10)9-5-7-3-4-13(11,12)6-7/h1,7H,3-6H2,(H,9,10). The van der Waals surface area contributed by atoms with E-state index in [1.54, 1.807) is 0 Å². The highest BCUT2D eigenvalue weighted by Gasteiger charge is 2.27. The Labute approximate surface area is 77.6 Å². The topological polar surface area (TPSA) is 63.2 Å². The van der Waals surface area contributed by atoms with Gasteiger partial charge >= 0.3 is 0 Å². The van der Waals surface area contributed by atoms with E-state index in [-0.39, 0.29) is 17.4 Å². The van der Waals surface area contributed by atoms with Gasteiger partial charge in [0.15, 0.2) is 9.84 Å². The van der Waals surface area contributed by atoms with E-state index in [1.165, 1.54) is 0 Å². The molecule has 0 aromatic heterocycles. The summed E-state index contributed by atoms with van der Waals surface area (Å²) in [6, 6.07) is 0. The van der Waals surface area contributed by atoms with Crippen molar-refractivity contribution in [2.45, 2.75) is 6.42 Å². The highest BCUT2D eigenvalue weighted by atomic mass is 32.2. The predicted octanol–water partition coefficient (Wildman–Crippen LogP) is -0.829. The molecule has 0 bridgehead atoms. The van der Waals surface area contributed by atoms with E-state index in [0.29, 0.717) is 13.0 Å². The highest BCUT2D eigenvalue weighted by molar-refractivity contribution is 7.91. The minimum Gasteiger partial charge on any atom is -0.345 e. The van der Waals surface area contributed by atoms with Gasteiger partial charge in [0.05, 0.1) is 11.5 Å². The van der Waals surface area contributed by atoms with Crippen molar-refractivity contribution in [3.63, 3.8) is 0 Å². The van der Waals surface area contributed by atoms with E-state index in [0.717, 1.165) is 0 Å². The van der Waals surface area contributed by atoms with Crippen molar-refractivity contribution in [3.8, 4) is 12.3 Å². The number of nitrogens with one attached hydrogen (secondary N) is 1. The third-order valence-corrected chi connectivity index (χ3v) is 3.85. The number of hydrogen-bond acceptors (Lipinski definition) is 3. The highest BCUT2D eigenvalue weighted by Crippen LogP contribution is 2.16. The summed E-state index contributed by atoms with van der Waals surface area (Å²) in [6.07, 6.45) is 5.45. The lowest BCUT2D eigenvalue weighted by atomic mass is 10.1. The van der Waals surface area contributed by atoms with Gasteiger partial charge < -0.3 is 5.32 Å². The van der Waals surface area contributed by atoms with Gasteiger partial charge in [-0.1, -0.05) is 0 Å². The van der Waals surface area contributed by atoms with Gasteiger partial charge in [-0.2, -0.15) is 0 Å². The fourth-order valence-electron chi connectivity index (χ4n) is 1.32. The first-order valence-electron chi connectivity index (χ1n) is 3.98.